The van der Waals surface area contributed by atoms with E-state index in [4.69, 9.17) is 0 Å². The van der Waals surface area contributed by atoms with Gasteiger partial charge in [-0.1, -0.05) is 6.92 Å². The number of fused-ring (bicyclic) bond motifs is 1. The molecule has 2 heterocycles. The number of non-ortho nitro benzene ring substituents is 1. The zero-order chi connectivity index (χ0) is 18.0. The molecule has 0 amide bonds. The summed E-state index contributed by atoms with van der Waals surface area (Å²) in [4.78, 5) is 29.3. The van der Waals surface area contributed by atoms with Crippen LogP contribution < -0.4 is 5.56 Å². The van der Waals surface area contributed by atoms with Crippen LogP contribution in [0.5, 0.6) is 0 Å². The van der Waals surface area contributed by atoms with E-state index in [9.17, 15) is 20.0 Å². The Morgan fingerprint density at radius 3 is 2.76 bits per heavy atom. The van der Waals surface area contributed by atoms with E-state index in [0.29, 0.717) is 12.1 Å². The van der Waals surface area contributed by atoms with E-state index in [1.165, 1.54) is 29.1 Å². The number of aliphatic hydroxyl groups is 1. The first kappa shape index (κ1) is 17.5. The number of likely N-dealkylation sites (tertiary alicyclic amines) is 1. The van der Waals surface area contributed by atoms with Gasteiger partial charge >= 0.3 is 0 Å². The largest absolute Gasteiger partial charge is 0.390 e. The molecule has 25 heavy (non-hydrogen) atoms. The summed E-state index contributed by atoms with van der Waals surface area (Å²) in [6, 6.07) is 4.02. The topological polar surface area (TPSA) is 102 Å². The molecule has 0 radical (unpaired) electrons. The van der Waals surface area contributed by atoms with E-state index in [2.05, 4.69) is 16.8 Å². The normalized spacial score (nSPS) is 17.7. The van der Waals surface area contributed by atoms with Crippen LogP contribution in [0.1, 0.15) is 19.8 Å². The quantitative estimate of drug-likeness (QED) is 0.648. The van der Waals surface area contributed by atoms with Crippen LogP contribution in [-0.4, -0.2) is 50.2 Å². The fraction of sp³-hybridized carbons (Fsp3) is 0.529. The van der Waals surface area contributed by atoms with Crippen LogP contribution >= 0.6 is 0 Å². The lowest BCUT2D eigenvalue weighted by atomic mass is 9.99. The van der Waals surface area contributed by atoms with Crippen molar-refractivity contribution < 1.29 is 10.0 Å². The van der Waals surface area contributed by atoms with Gasteiger partial charge in [-0.15, -0.1) is 0 Å². The van der Waals surface area contributed by atoms with Gasteiger partial charge in [0.1, 0.15) is 0 Å². The molecule has 1 atom stereocenters. The van der Waals surface area contributed by atoms with E-state index in [0.717, 1.165) is 31.8 Å². The van der Waals surface area contributed by atoms with Gasteiger partial charge in [-0.3, -0.25) is 19.5 Å². The lowest BCUT2D eigenvalue weighted by Crippen LogP contribution is -2.40. The number of nitrogens with zero attached hydrogens (tertiary/aromatic N) is 4. The van der Waals surface area contributed by atoms with Crippen LogP contribution in [0, 0.1) is 16.0 Å². The Bertz CT molecular complexity index is 827. The predicted molar refractivity (Wildman–Crippen MR) is 93.5 cm³/mol. The fourth-order valence-corrected chi connectivity index (χ4v) is 3.22. The molecule has 1 saturated heterocycles. The zero-order valence-electron chi connectivity index (χ0n) is 14.2. The van der Waals surface area contributed by atoms with Crippen molar-refractivity contribution in [3.8, 4) is 0 Å². The van der Waals surface area contributed by atoms with Crippen LogP contribution in [0.3, 0.4) is 0 Å². The number of nitro benzene ring substituents is 1. The fourth-order valence-electron chi connectivity index (χ4n) is 3.22. The van der Waals surface area contributed by atoms with Gasteiger partial charge in [0.05, 0.1) is 34.8 Å². The number of hydrogen-bond acceptors (Lipinski definition) is 6. The Kier molecular flexibility index (Phi) is 5.10. The number of hydrogen-bond donors (Lipinski definition) is 1. The van der Waals surface area contributed by atoms with E-state index < -0.39 is 11.0 Å². The molecule has 0 saturated carbocycles. The van der Waals surface area contributed by atoms with Gasteiger partial charge < -0.3 is 10.0 Å². The van der Waals surface area contributed by atoms with Crippen molar-refractivity contribution in [3.05, 3.63) is 45.0 Å². The average Bonchev–Trinajstić information content (AvgIpc) is 2.59. The van der Waals surface area contributed by atoms with E-state index in [1.807, 2.05) is 0 Å². The Hall–Kier alpha value is -2.32. The summed E-state index contributed by atoms with van der Waals surface area (Å²) in [6.45, 7) is 4.76. The maximum absolute atomic E-state index is 12.5. The van der Waals surface area contributed by atoms with Crippen LogP contribution in [0.25, 0.3) is 10.9 Å². The molecule has 134 valence electrons. The molecular weight excluding hydrogens is 324 g/mol. The summed E-state index contributed by atoms with van der Waals surface area (Å²) in [6.07, 6.45) is 2.93. The third-order valence-corrected chi connectivity index (χ3v) is 4.77. The Morgan fingerprint density at radius 2 is 2.08 bits per heavy atom. The lowest BCUT2D eigenvalue weighted by Gasteiger charge is -2.31. The summed E-state index contributed by atoms with van der Waals surface area (Å²) in [7, 11) is 0. The van der Waals surface area contributed by atoms with Crippen LogP contribution in [-0.2, 0) is 6.54 Å². The molecule has 3 rings (SSSR count). The molecule has 0 spiro atoms. The maximum atomic E-state index is 12.5. The van der Waals surface area contributed by atoms with E-state index >= 15 is 0 Å². The van der Waals surface area contributed by atoms with Gasteiger partial charge in [-0.05, 0) is 37.9 Å². The minimum Gasteiger partial charge on any atom is -0.390 e. The zero-order valence-corrected chi connectivity index (χ0v) is 14.2. The minimum absolute atomic E-state index is 0.122. The van der Waals surface area contributed by atoms with Gasteiger partial charge in [0.15, 0.2) is 0 Å². The summed E-state index contributed by atoms with van der Waals surface area (Å²) >= 11 is 0. The summed E-state index contributed by atoms with van der Waals surface area (Å²) in [5.74, 6) is 0.719. The molecule has 0 aliphatic carbocycles. The van der Waals surface area contributed by atoms with Crippen molar-refractivity contribution in [1.82, 2.24) is 14.5 Å². The predicted octanol–water partition coefficient (Wildman–Crippen LogP) is 1.40. The van der Waals surface area contributed by atoms with Gasteiger partial charge in [0, 0.05) is 18.7 Å². The van der Waals surface area contributed by atoms with E-state index in [1.54, 1.807) is 0 Å². The number of nitro groups is 1. The highest BCUT2D eigenvalue weighted by Crippen LogP contribution is 2.17. The van der Waals surface area contributed by atoms with Crippen molar-refractivity contribution >= 4 is 16.6 Å². The molecule has 1 aromatic carbocycles. The molecular formula is C17H22N4O4. The second-order valence-electron chi connectivity index (χ2n) is 6.80. The molecule has 8 heteroatoms. The third kappa shape index (κ3) is 4.02. The molecule has 1 unspecified atom stereocenters. The standard InChI is InChI=1S/C17H22N4O4/c1-12-4-6-19(7-5-12)9-14(22)10-20-11-18-16-3-2-13(21(24)25)8-15(16)17(20)23/h2-3,8,11-12,14,22H,4-7,9-10H2,1H3. The van der Waals surface area contributed by atoms with Gasteiger partial charge in [-0.25, -0.2) is 4.98 Å². The van der Waals surface area contributed by atoms with Gasteiger partial charge in [0.25, 0.3) is 11.2 Å². The van der Waals surface area contributed by atoms with Crippen LogP contribution in [0.4, 0.5) is 5.69 Å². The van der Waals surface area contributed by atoms with Crippen molar-refractivity contribution in [2.24, 2.45) is 5.92 Å². The molecule has 1 aromatic heterocycles. The smallest absolute Gasteiger partial charge is 0.270 e. The molecule has 1 N–H and O–H groups in total. The first-order chi connectivity index (χ1) is 11.9. The molecule has 1 aliphatic heterocycles. The first-order valence-electron chi connectivity index (χ1n) is 8.48. The summed E-state index contributed by atoms with van der Waals surface area (Å²) in [5, 5.41) is 21.4. The van der Waals surface area contributed by atoms with Crippen molar-refractivity contribution in [3.63, 3.8) is 0 Å². The number of aliphatic hydroxyl groups excluding tert-OH is 1. The summed E-state index contributed by atoms with van der Waals surface area (Å²) < 4.78 is 1.32. The molecule has 0 bridgehead atoms. The molecule has 1 fully saturated rings. The lowest BCUT2D eigenvalue weighted by molar-refractivity contribution is -0.384. The van der Waals surface area contributed by atoms with Crippen LogP contribution in [0.15, 0.2) is 29.3 Å². The average molecular weight is 346 g/mol. The van der Waals surface area contributed by atoms with Crippen LogP contribution in [0.2, 0.25) is 0 Å². The van der Waals surface area contributed by atoms with Crippen molar-refractivity contribution in [1.29, 1.82) is 0 Å². The highest BCUT2D eigenvalue weighted by molar-refractivity contribution is 5.79. The number of benzene rings is 1. The maximum Gasteiger partial charge on any atom is 0.270 e. The third-order valence-electron chi connectivity index (χ3n) is 4.77. The number of piperidine rings is 1. The van der Waals surface area contributed by atoms with Gasteiger partial charge in [0.2, 0.25) is 0 Å². The number of β-amino-alcohol motifs (C(OH)–C–C–N with tert-alkyl or cyclic N) is 1. The van der Waals surface area contributed by atoms with Gasteiger partial charge in [-0.2, -0.15) is 0 Å². The molecule has 1 aliphatic rings. The second-order valence-corrected chi connectivity index (χ2v) is 6.80. The Labute approximate surface area is 144 Å². The molecule has 2 aromatic rings. The summed E-state index contributed by atoms with van der Waals surface area (Å²) in [5.41, 5.74) is -0.112. The first-order valence-corrected chi connectivity index (χ1v) is 8.48. The molecule has 8 nitrogen and oxygen atoms in total. The second kappa shape index (κ2) is 7.28. The Morgan fingerprint density at radius 1 is 1.36 bits per heavy atom. The highest BCUT2D eigenvalue weighted by Gasteiger charge is 2.19. The van der Waals surface area contributed by atoms with E-state index in [-0.39, 0.29) is 23.2 Å². The Balaban J connectivity index is 1.75. The highest BCUT2D eigenvalue weighted by atomic mass is 16.6. The number of aromatic nitrogens is 2. The SMILES string of the molecule is CC1CCN(CC(O)Cn2cnc3ccc([N+](=O)[O-])cc3c2=O)CC1. The monoisotopic (exact) mass is 346 g/mol. The minimum atomic E-state index is -0.691. The van der Waals surface area contributed by atoms with Crippen molar-refractivity contribution in [2.75, 3.05) is 19.6 Å². The van der Waals surface area contributed by atoms with Crippen molar-refractivity contribution in [2.45, 2.75) is 32.4 Å². The number of rotatable bonds is 5.